The van der Waals surface area contributed by atoms with E-state index in [1.54, 1.807) is 11.3 Å². The van der Waals surface area contributed by atoms with Gasteiger partial charge in [-0.15, -0.1) is 11.3 Å². The van der Waals surface area contributed by atoms with Gasteiger partial charge in [0.2, 0.25) is 5.28 Å². The first kappa shape index (κ1) is 18.8. The van der Waals surface area contributed by atoms with Gasteiger partial charge in [0.15, 0.2) is 0 Å². The summed E-state index contributed by atoms with van der Waals surface area (Å²) in [4.78, 5) is 16.2. The molecule has 142 valence electrons. The highest BCUT2D eigenvalue weighted by atomic mass is 35.5. The van der Waals surface area contributed by atoms with Gasteiger partial charge < -0.3 is 4.90 Å². The van der Waals surface area contributed by atoms with Crippen molar-refractivity contribution >= 4 is 39.0 Å². The minimum atomic E-state index is 0.285. The molecule has 4 nitrogen and oxygen atoms in total. The number of thiophene rings is 1. The predicted molar refractivity (Wildman–Crippen MR) is 119 cm³/mol. The normalized spacial score (nSPS) is 11.1. The van der Waals surface area contributed by atoms with Crippen LogP contribution >= 0.6 is 22.9 Å². The van der Waals surface area contributed by atoms with Crippen molar-refractivity contribution in [3.63, 3.8) is 0 Å². The van der Waals surface area contributed by atoms with E-state index in [2.05, 4.69) is 64.3 Å². The van der Waals surface area contributed by atoms with Gasteiger partial charge in [0.05, 0.1) is 5.39 Å². The summed E-state index contributed by atoms with van der Waals surface area (Å²) >= 11 is 7.85. The number of halogens is 1. The third kappa shape index (κ3) is 3.73. The van der Waals surface area contributed by atoms with Crippen molar-refractivity contribution in [3.8, 4) is 11.1 Å². The van der Waals surface area contributed by atoms with Crippen LogP contribution in [0.15, 0.2) is 48.1 Å². The van der Waals surface area contributed by atoms with Gasteiger partial charge in [-0.1, -0.05) is 23.8 Å². The van der Waals surface area contributed by atoms with Crippen LogP contribution in [0.3, 0.4) is 0 Å². The van der Waals surface area contributed by atoms with Crippen LogP contribution < -0.4 is 4.90 Å². The number of hydrogen-bond donors (Lipinski definition) is 0. The zero-order valence-electron chi connectivity index (χ0n) is 16.1. The lowest BCUT2D eigenvalue weighted by atomic mass is 9.99. The fraction of sp³-hybridized carbons (Fsp3) is 0.227. The van der Waals surface area contributed by atoms with E-state index in [4.69, 9.17) is 11.6 Å². The summed E-state index contributed by atoms with van der Waals surface area (Å²) in [5, 5.41) is 3.51. The summed E-state index contributed by atoms with van der Waals surface area (Å²) in [6.07, 6.45) is 4.56. The molecular weight excluding hydrogens is 388 g/mol. The molecule has 6 heteroatoms. The van der Waals surface area contributed by atoms with E-state index in [-0.39, 0.29) is 5.28 Å². The molecule has 0 spiro atoms. The number of benzene rings is 1. The molecule has 4 aromatic rings. The average molecular weight is 409 g/mol. The monoisotopic (exact) mass is 408 g/mol. The minimum Gasteiger partial charge on any atom is -0.359 e. The molecule has 0 saturated carbocycles. The van der Waals surface area contributed by atoms with Gasteiger partial charge in [-0.3, -0.25) is 4.98 Å². The van der Waals surface area contributed by atoms with Crippen LogP contribution in [-0.2, 0) is 6.42 Å². The van der Waals surface area contributed by atoms with Gasteiger partial charge in [0, 0.05) is 36.9 Å². The maximum atomic E-state index is 6.24. The van der Waals surface area contributed by atoms with E-state index in [9.17, 15) is 0 Å². The van der Waals surface area contributed by atoms with Crippen LogP contribution in [0.5, 0.6) is 0 Å². The zero-order chi connectivity index (χ0) is 19.7. The topological polar surface area (TPSA) is 41.9 Å². The van der Waals surface area contributed by atoms with Gasteiger partial charge in [0.1, 0.15) is 10.6 Å². The molecule has 0 radical (unpaired) electrons. The first-order chi connectivity index (χ1) is 13.5. The molecule has 0 aliphatic heterocycles. The van der Waals surface area contributed by atoms with Crippen molar-refractivity contribution in [2.45, 2.75) is 20.3 Å². The molecule has 0 bridgehead atoms. The Hall–Kier alpha value is -2.50. The first-order valence-electron chi connectivity index (χ1n) is 9.15. The molecule has 28 heavy (non-hydrogen) atoms. The molecule has 0 saturated heterocycles. The lowest BCUT2D eigenvalue weighted by Gasteiger charge is -2.20. The van der Waals surface area contributed by atoms with Gasteiger partial charge in [0.25, 0.3) is 0 Å². The van der Waals surface area contributed by atoms with Crippen LogP contribution in [0.2, 0.25) is 5.28 Å². The molecule has 3 heterocycles. The second-order valence-corrected chi connectivity index (χ2v) is 8.19. The second kappa shape index (κ2) is 7.86. The van der Waals surface area contributed by atoms with Gasteiger partial charge in [-0.2, -0.15) is 4.98 Å². The lowest BCUT2D eigenvalue weighted by Crippen LogP contribution is -2.22. The number of hydrogen-bond acceptors (Lipinski definition) is 5. The molecule has 0 aliphatic rings. The quantitative estimate of drug-likeness (QED) is 0.397. The standard InChI is InChI=1S/C22H21ClN4S/c1-14-4-5-17(15(2)12-14)18-13-28-21-19(18)20(25-22(23)26-21)27(3)11-8-16-6-9-24-10-7-16/h4-7,9-10,12-13H,8,11H2,1-3H3. The third-order valence-corrected chi connectivity index (χ3v) is 5.95. The van der Waals surface area contributed by atoms with Crippen LogP contribution in [0.1, 0.15) is 16.7 Å². The summed E-state index contributed by atoms with van der Waals surface area (Å²) in [7, 11) is 2.06. The van der Waals surface area contributed by atoms with E-state index in [0.717, 1.165) is 29.0 Å². The molecule has 4 rings (SSSR count). The van der Waals surface area contributed by atoms with Gasteiger partial charge >= 0.3 is 0 Å². The molecular formula is C22H21ClN4S. The summed E-state index contributed by atoms with van der Waals surface area (Å²) in [5.74, 6) is 0.875. The Morgan fingerprint density at radius 3 is 2.57 bits per heavy atom. The Kier molecular flexibility index (Phi) is 5.29. The fourth-order valence-electron chi connectivity index (χ4n) is 3.44. The van der Waals surface area contributed by atoms with E-state index in [1.165, 1.54) is 27.8 Å². The minimum absolute atomic E-state index is 0.285. The van der Waals surface area contributed by atoms with Crippen LogP contribution in [-0.4, -0.2) is 28.5 Å². The smallest absolute Gasteiger partial charge is 0.225 e. The Balaban J connectivity index is 1.76. The van der Waals surface area contributed by atoms with Crippen LogP contribution in [0.4, 0.5) is 5.82 Å². The van der Waals surface area contributed by atoms with Crippen molar-refractivity contribution in [1.82, 2.24) is 15.0 Å². The van der Waals surface area contributed by atoms with Crippen molar-refractivity contribution in [1.29, 1.82) is 0 Å². The van der Waals surface area contributed by atoms with E-state index < -0.39 is 0 Å². The molecule has 0 N–H and O–H groups in total. The molecule has 0 fully saturated rings. The summed E-state index contributed by atoms with van der Waals surface area (Å²) in [5.41, 5.74) is 6.14. The van der Waals surface area contributed by atoms with Crippen LogP contribution in [0.25, 0.3) is 21.3 Å². The first-order valence-corrected chi connectivity index (χ1v) is 10.4. The number of anilines is 1. The van der Waals surface area contributed by atoms with Crippen LogP contribution in [0, 0.1) is 13.8 Å². The Bertz CT molecular complexity index is 1120. The predicted octanol–water partition coefficient (Wildman–Crippen LogP) is 5.70. The molecule has 3 aromatic heterocycles. The highest BCUT2D eigenvalue weighted by molar-refractivity contribution is 7.17. The summed E-state index contributed by atoms with van der Waals surface area (Å²) < 4.78 is 0. The number of nitrogens with zero attached hydrogens (tertiary/aromatic N) is 4. The number of aromatic nitrogens is 3. The van der Waals surface area contributed by atoms with E-state index >= 15 is 0 Å². The van der Waals surface area contributed by atoms with E-state index in [0.29, 0.717) is 0 Å². The molecule has 0 amide bonds. The number of aryl methyl sites for hydroxylation is 2. The molecule has 1 aromatic carbocycles. The largest absolute Gasteiger partial charge is 0.359 e. The Morgan fingerprint density at radius 1 is 1.04 bits per heavy atom. The fourth-order valence-corrected chi connectivity index (χ4v) is 4.59. The maximum Gasteiger partial charge on any atom is 0.225 e. The highest BCUT2D eigenvalue weighted by Crippen LogP contribution is 2.40. The van der Waals surface area contributed by atoms with Crippen molar-refractivity contribution in [2.24, 2.45) is 0 Å². The zero-order valence-corrected chi connectivity index (χ0v) is 17.7. The molecule has 0 unspecified atom stereocenters. The second-order valence-electron chi connectivity index (χ2n) is 6.99. The van der Waals surface area contributed by atoms with Crippen molar-refractivity contribution in [2.75, 3.05) is 18.5 Å². The van der Waals surface area contributed by atoms with Crippen molar-refractivity contribution in [3.05, 3.63) is 70.1 Å². The lowest BCUT2D eigenvalue weighted by molar-refractivity contribution is 0.861. The average Bonchev–Trinajstić information content (AvgIpc) is 3.09. The molecule has 0 aliphatic carbocycles. The summed E-state index contributed by atoms with van der Waals surface area (Å²) in [6, 6.07) is 10.6. The summed E-state index contributed by atoms with van der Waals surface area (Å²) in [6.45, 7) is 5.09. The van der Waals surface area contributed by atoms with Crippen molar-refractivity contribution < 1.29 is 0 Å². The SMILES string of the molecule is Cc1ccc(-c2csc3nc(Cl)nc(N(C)CCc4ccncc4)c23)c(C)c1. The third-order valence-electron chi connectivity index (χ3n) is 4.91. The Labute approximate surface area is 173 Å². The maximum absolute atomic E-state index is 6.24. The Morgan fingerprint density at radius 2 is 1.82 bits per heavy atom. The molecule has 0 atom stereocenters. The van der Waals surface area contributed by atoms with Gasteiger partial charge in [-0.05, 0) is 60.7 Å². The highest BCUT2D eigenvalue weighted by Gasteiger charge is 2.18. The number of fused-ring (bicyclic) bond motifs is 1. The van der Waals surface area contributed by atoms with E-state index in [1.807, 2.05) is 24.5 Å². The number of pyridine rings is 1. The van der Waals surface area contributed by atoms with Gasteiger partial charge in [-0.25, -0.2) is 4.98 Å². The number of likely N-dealkylation sites (N-methyl/N-ethyl adjacent to an activating group) is 1. The number of rotatable bonds is 5.